The number of methoxy groups -OCH3 is 1. The van der Waals surface area contributed by atoms with Gasteiger partial charge in [-0.05, 0) is 36.1 Å². The van der Waals surface area contributed by atoms with Crippen LogP contribution in [0, 0.1) is 0 Å². The number of aliphatic imine (C=N–C) groups is 1. The molecule has 0 amide bonds. The average Bonchev–Trinajstić information content (AvgIpc) is 2.66. The Morgan fingerprint density at radius 2 is 1.76 bits per heavy atom. The highest BCUT2D eigenvalue weighted by Gasteiger charge is 2.09. The van der Waals surface area contributed by atoms with Crippen molar-refractivity contribution < 1.29 is 9.53 Å². The number of allylic oxidation sites excluding steroid dienone is 1. The van der Waals surface area contributed by atoms with Crippen LogP contribution in [0.4, 0.5) is 5.69 Å². The number of carbonyl (C=O) groups excluding carboxylic acids is 1. The van der Waals surface area contributed by atoms with Crippen LogP contribution in [-0.4, -0.2) is 19.3 Å². The van der Waals surface area contributed by atoms with Crippen LogP contribution >= 0.6 is 0 Å². The monoisotopic (exact) mass is 335 g/mol. The van der Waals surface area contributed by atoms with Gasteiger partial charge < -0.3 is 4.74 Å². The molecule has 0 radical (unpaired) electrons. The van der Waals surface area contributed by atoms with E-state index in [4.69, 9.17) is 4.74 Å². The van der Waals surface area contributed by atoms with Crippen molar-refractivity contribution in [3.05, 3.63) is 71.3 Å². The number of hydrogen-bond acceptors (Lipinski definition) is 3. The van der Waals surface area contributed by atoms with Crippen LogP contribution in [0.1, 0.15) is 48.5 Å². The summed E-state index contributed by atoms with van der Waals surface area (Å²) in [6.07, 6.45) is 8.48. The second kappa shape index (κ2) is 10.2. The molecular formula is C22H25NO2. The minimum Gasteiger partial charge on any atom is -0.465 e. The van der Waals surface area contributed by atoms with Gasteiger partial charge in [0.05, 0.1) is 18.4 Å². The third-order valence-electron chi connectivity index (χ3n) is 3.90. The molecule has 0 unspecified atom stereocenters. The SMILES string of the molecule is CCCCC/C(C=Nc1ccccc1C(=O)OC)=C/c1ccccc1. The molecule has 0 N–H and O–H groups in total. The van der Waals surface area contributed by atoms with E-state index in [9.17, 15) is 4.79 Å². The van der Waals surface area contributed by atoms with Crippen LogP contribution < -0.4 is 0 Å². The third-order valence-corrected chi connectivity index (χ3v) is 3.90. The number of nitrogens with zero attached hydrogens (tertiary/aromatic N) is 1. The van der Waals surface area contributed by atoms with Crippen LogP contribution in [0.3, 0.4) is 0 Å². The van der Waals surface area contributed by atoms with Gasteiger partial charge in [-0.3, -0.25) is 4.99 Å². The van der Waals surface area contributed by atoms with Gasteiger partial charge in [0.1, 0.15) is 0 Å². The van der Waals surface area contributed by atoms with Gasteiger partial charge in [0.25, 0.3) is 0 Å². The summed E-state index contributed by atoms with van der Waals surface area (Å²) in [5.74, 6) is -0.368. The molecule has 2 rings (SSSR count). The first-order chi connectivity index (χ1) is 12.2. The molecular weight excluding hydrogens is 310 g/mol. The van der Waals surface area contributed by atoms with Gasteiger partial charge in [0.15, 0.2) is 0 Å². The predicted octanol–water partition coefficient (Wildman–Crippen LogP) is 5.84. The Morgan fingerprint density at radius 1 is 1.04 bits per heavy atom. The second-order valence-electron chi connectivity index (χ2n) is 5.85. The Kier molecular flexibility index (Phi) is 7.64. The zero-order valence-corrected chi connectivity index (χ0v) is 14.9. The van der Waals surface area contributed by atoms with Gasteiger partial charge >= 0.3 is 5.97 Å². The number of carbonyl (C=O) groups is 1. The van der Waals surface area contributed by atoms with E-state index in [0.717, 1.165) is 24.0 Å². The number of benzene rings is 2. The van der Waals surface area contributed by atoms with Crippen molar-refractivity contribution in [2.24, 2.45) is 4.99 Å². The molecule has 130 valence electrons. The maximum Gasteiger partial charge on any atom is 0.340 e. The van der Waals surface area contributed by atoms with Crippen molar-refractivity contribution >= 4 is 23.9 Å². The Labute approximate surface area is 150 Å². The first kappa shape index (κ1) is 18.7. The first-order valence-electron chi connectivity index (χ1n) is 8.71. The lowest BCUT2D eigenvalue weighted by Gasteiger charge is -2.05. The summed E-state index contributed by atoms with van der Waals surface area (Å²) in [6.45, 7) is 2.20. The van der Waals surface area contributed by atoms with Crippen molar-refractivity contribution in [2.45, 2.75) is 32.6 Å². The summed E-state index contributed by atoms with van der Waals surface area (Å²) in [6, 6.07) is 17.5. The zero-order valence-electron chi connectivity index (χ0n) is 14.9. The van der Waals surface area contributed by atoms with Gasteiger partial charge in [-0.1, -0.05) is 68.3 Å². The average molecular weight is 335 g/mol. The predicted molar refractivity (Wildman–Crippen MR) is 104 cm³/mol. The summed E-state index contributed by atoms with van der Waals surface area (Å²) < 4.78 is 4.83. The van der Waals surface area contributed by atoms with Crippen molar-refractivity contribution in [2.75, 3.05) is 7.11 Å². The highest BCUT2D eigenvalue weighted by atomic mass is 16.5. The summed E-state index contributed by atoms with van der Waals surface area (Å²) in [5.41, 5.74) is 3.42. The minimum absolute atomic E-state index is 0.368. The number of hydrogen-bond donors (Lipinski definition) is 0. The fraction of sp³-hybridized carbons (Fsp3) is 0.273. The van der Waals surface area contributed by atoms with Crippen LogP contribution in [0.2, 0.25) is 0 Å². The quantitative estimate of drug-likeness (QED) is 0.345. The van der Waals surface area contributed by atoms with Gasteiger partial charge in [-0.15, -0.1) is 0 Å². The molecule has 0 atom stereocenters. The van der Waals surface area contributed by atoms with Crippen LogP contribution in [0.5, 0.6) is 0 Å². The molecule has 2 aromatic rings. The van der Waals surface area contributed by atoms with Crippen molar-refractivity contribution in [3.63, 3.8) is 0 Å². The standard InChI is InChI=1S/C22H25NO2/c1-3-4-6-13-19(16-18-11-7-5-8-12-18)17-23-21-15-10-9-14-20(21)22(24)25-2/h5,7-12,14-17H,3-4,6,13H2,1-2H3/b19-16-,23-17?. The van der Waals surface area contributed by atoms with E-state index in [2.05, 4.69) is 30.1 Å². The van der Waals surface area contributed by atoms with E-state index in [1.807, 2.05) is 42.6 Å². The lowest BCUT2D eigenvalue weighted by molar-refractivity contribution is 0.0601. The largest absolute Gasteiger partial charge is 0.465 e. The molecule has 0 aliphatic carbocycles. The number of ether oxygens (including phenoxy) is 1. The highest BCUT2D eigenvalue weighted by molar-refractivity contribution is 5.96. The molecule has 0 saturated heterocycles. The summed E-state index contributed by atoms with van der Waals surface area (Å²) in [5, 5.41) is 0. The van der Waals surface area contributed by atoms with Crippen LogP contribution in [0.25, 0.3) is 6.08 Å². The van der Waals surface area contributed by atoms with E-state index in [-0.39, 0.29) is 5.97 Å². The van der Waals surface area contributed by atoms with Gasteiger partial charge in [-0.25, -0.2) is 4.79 Å². The molecule has 0 heterocycles. The van der Waals surface area contributed by atoms with Crippen molar-refractivity contribution in [3.8, 4) is 0 Å². The molecule has 3 nitrogen and oxygen atoms in total. The van der Waals surface area contributed by atoms with Crippen molar-refractivity contribution in [1.82, 2.24) is 0 Å². The summed E-state index contributed by atoms with van der Waals surface area (Å²) in [4.78, 5) is 16.4. The van der Waals surface area contributed by atoms with E-state index in [1.165, 1.54) is 20.0 Å². The van der Waals surface area contributed by atoms with E-state index in [0.29, 0.717) is 11.3 Å². The Hall–Kier alpha value is -2.68. The zero-order chi connectivity index (χ0) is 17.9. The van der Waals surface area contributed by atoms with Gasteiger partial charge in [0.2, 0.25) is 0 Å². The maximum absolute atomic E-state index is 11.9. The smallest absolute Gasteiger partial charge is 0.340 e. The van der Waals surface area contributed by atoms with E-state index < -0.39 is 0 Å². The molecule has 0 spiro atoms. The summed E-state index contributed by atoms with van der Waals surface area (Å²) >= 11 is 0. The molecule has 0 aliphatic heterocycles. The number of para-hydroxylation sites is 1. The van der Waals surface area contributed by atoms with Gasteiger partial charge in [0, 0.05) is 6.21 Å². The number of esters is 1. The molecule has 0 aromatic heterocycles. The molecule has 3 heteroatoms. The minimum atomic E-state index is -0.368. The van der Waals surface area contributed by atoms with Crippen LogP contribution in [-0.2, 0) is 4.74 Å². The lowest BCUT2D eigenvalue weighted by atomic mass is 10.0. The Morgan fingerprint density at radius 3 is 2.48 bits per heavy atom. The number of unbranched alkanes of at least 4 members (excludes halogenated alkanes) is 2. The summed E-state index contributed by atoms with van der Waals surface area (Å²) in [7, 11) is 1.38. The number of rotatable bonds is 8. The molecule has 0 saturated carbocycles. The Balaban J connectivity index is 2.25. The van der Waals surface area contributed by atoms with Gasteiger partial charge in [-0.2, -0.15) is 0 Å². The Bertz CT molecular complexity index is 733. The van der Waals surface area contributed by atoms with E-state index >= 15 is 0 Å². The van der Waals surface area contributed by atoms with E-state index in [1.54, 1.807) is 6.07 Å². The molecule has 0 fully saturated rings. The fourth-order valence-corrected chi connectivity index (χ4v) is 2.54. The second-order valence-corrected chi connectivity index (χ2v) is 5.85. The topological polar surface area (TPSA) is 38.7 Å². The lowest BCUT2D eigenvalue weighted by Crippen LogP contribution is -2.01. The molecule has 2 aromatic carbocycles. The molecule has 0 aliphatic rings. The third kappa shape index (κ3) is 6.03. The van der Waals surface area contributed by atoms with Crippen LogP contribution in [0.15, 0.2) is 65.2 Å². The molecule has 25 heavy (non-hydrogen) atoms. The first-order valence-corrected chi connectivity index (χ1v) is 8.71. The molecule has 0 bridgehead atoms. The fourth-order valence-electron chi connectivity index (χ4n) is 2.54. The van der Waals surface area contributed by atoms with Crippen molar-refractivity contribution in [1.29, 1.82) is 0 Å². The normalized spacial score (nSPS) is 11.7. The maximum atomic E-state index is 11.9. The highest BCUT2D eigenvalue weighted by Crippen LogP contribution is 2.20.